The lowest BCUT2D eigenvalue weighted by molar-refractivity contribution is -0.113. The first-order chi connectivity index (χ1) is 20.3. The Kier molecular flexibility index (Phi) is 7.28. The van der Waals surface area contributed by atoms with Gasteiger partial charge in [0.25, 0.3) is 0 Å². The van der Waals surface area contributed by atoms with Crippen LogP contribution in [0.1, 0.15) is 41.2 Å². The van der Waals surface area contributed by atoms with Gasteiger partial charge in [-0.1, -0.05) is 170 Å². The maximum atomic E-state index is 13.2. The zero-order valence-corrected chi connectivity index (χ0v) is 24.1. The first-order valence-corrected chi connectivity index (χ1v) is 14.5. The summed E-state index contributed by atoms with van der Waals surface area (Å²) in [5.74, 6) is 0. The number of rotatable bonds is 7. The van der Waals surface area contributed by atoms with Crippen molar-refractivity contribution < 1.29 is 10.2 Å². The zero-order chi connectivity index (χ0) is 29.2. The van der Waals surface area contributed by atoms with Crippen LogP contribution in [-0.4, -0.2) is 10.2 Å². The van der Waals surface area contributed by atoms with Crippen LogP contribution in [0.3, 0.4) is 0 Å². The molecule has 3 atom stereocenters. The molecule has 0 heterocycles. The molecule has 0 saturated carbocycles. The summed E-state index contributed by atoms with van der Waals surface area (Å²) >= 11 is 0. The molecule has 6 rings (SSSR count). The van der Waals surface area contributed by atoms with Crippen molar-refractivity contribution in [3.05, 3.63) is 191 Å². The van der Waals surface area contributed by atoms with Gasteiger partial charge in [-0.15, -0.1) is 0 Å². The third-order valence-electron chi connectivity index (χ3n) is 8.82. The van der Waals surface area contributed by atoms with E-state index in [1.54, 1.807) is 0 Å². The van der Waals surface area contributed by atoms with E-state index < -0.39 is 11.2 Å². The summed E-state index contributed by atoms with van der Waals surface area (Å²) in [5.41, 5.74) is 3.16. The molecule has 0 fully saturated rings. The fraction of sp³-hybridized carbons (Fsp3) is 0.150. The van der Waals surface area contributed by atoms with E-state index in [0.29, 0.717) is 28.7 Å². The van der Waals surface area contributed by atoms with E-state index in [-0.39, 0.29) is 5.41 Å². The molecule has 0 radical (unpaired) electrons. The molecule has 0 amide bonds. The van der Waals surface area contributed by atoms with Gasteiger partial charge < -0.3 is 10.2 Å². The van der Waals surface area contributed by atoms with Crippen LogP contribution in [0.4, 0.5) is 0 Å². The van der Waals surface area contributed by atoms with Crippen LogP contribution in [0, 0.1) is 6.92 Å². The second-order valence-electron chi connectivity index (χ2n) is 11.6. The number of hydrogen-bond donors (Lipinski definition) is 2. The fourth-order valence-electron chi connectivity index (χ4n) is 6.21. The van der Waals surface area contributed by atoms with Crippen LogP contribution in [-0.2, 0) is 16.6 Å². The van der Waals surface area contributed by atoms with Gasteiger partial charge in [-0.25, -0.2) is 0 Å². The molecule has 1 aliphatic carbocycles. The standard InChI is InChI=1S/C40H36O2/c1-30-18-22-35(23-19-30)40(42,37-26-28-38(2,29-27-37)33-14-8-4-9-15-33)39(41,34-16-10-5-11-17-34)36-24-20-32(21-25-36)31-12-6-3-7-13-31/h3-28,41-42H,29H2,1-2H3. The number of aryl methyl sites for hydroxylation is 1. The second kappa shape index (κ2) is 11.1. The topological polar surface area (TPSA) is 40.5 Å². The van der Waals surface area contributed by atoms with E-state index >= 15 is 0 Å². The molecular weight excluding hydrogens is 512 g/mol. The van der Waals surface area contributed by atoms with Gasteiger partial charge in [0.15, 0.2) is 11.2 Å². The summed E-state index contributed by atoms with van der Waals surface area (Å²) in [4.78, 5) is 0. The third kappa shape index (κ3) is 4.73. The number of benzene rings is 5. The Hall–Kier alpha value is -4.50. The van der Waals surface area contributed by atoms with E-state index in [0.717, 1.165) is 16.7 Å². The maximum Gasteiger partial charge on any atom is 0.152 e. The van der Waals surface area contributed by atoms with E-state index in [1.807, 2.05) is 116 Å². The highest BCUT2D eigenvalue weighted by molar-refractivity contribution is 5.64. The van der Waals surface area contributed by atoms with Crippen molar-refractivity contribution >= 4 is 0 Å². The largest absolute Gasteiger partial charge is 0.377 e. The highest BCUT2D eigenvalue weighted by Crippen LogP contribution is 2.52. The Balaban J connectivity index is 1.54. The predicted octanol–water partition coefficient (Wildman–Crippen LogP) is 8.63. The summed E-state index contributed by atoms with van der Waals surface area (Å²) in [6, 6.07) is 45.9. The third-order valence-corrected chi connectivity index (χ3v) is 8.82. The molecule has 5 aromatic carbocycles. The van der Waals surface area contributed by atoms with Gasteiger partial charge in [-0.2, -0.15) is 0 Å². The summed E-state index contributed by atoms with van der Waals surface area (Å²) in [6.07, 6.45) is 6.96. The summed E-state index contributed by atoms with van der Waals surface area (Å²) in [6.45, 7) is 4.24. The van der Waals surface area contributed by atoms with Crippen molar-refractivity contribution in [3.63, 3.8) is 0 Å². The Morgan fingerprint density at radius 1 is 0.548 bits per heavy atom. The molecule has 0 aromatic heterocycles. The monoisotopic (exact) mass is 548 g/mol. The molecule has 3 unspecified atom stereocenters. The Labute approximate surface area is 249 Å². The van der Waals surface area contributed by atoms with Crippen LogP contribution in [0.15, 0.2) is 163 Å². The summed E-state index contributed by atoms with van der Waals surface area (Å²) in [5, 5.41) is 26.3. The molecule has 2 nitrogen and oxygen atoms in total. The minimum atomic E-state index is -1.80. The Bertz CT molecular complexity index is 1700. The Morgan fingerprint density at radius 3 is 1.60 bits per heavy atom. The van der Waals surface area contributed by atoms with E-state index in [2.05, 4.69) is 55.5 Å². The molecule has 0 aliphatic heterocycles. The lowest BCUT2D eigenvalue weighted by Crippen LogP contribution is -2.51. The van der Waals surface area contributed by atoms with Gasteiger partial charge in [0.2, 0.25) is 0 Å². The van der Waals surface area contributed by atoms with E-state index in [4.69, 9.17) is 0 Å². The molecule has 2 heteroatoms. The molecular formula is C40H36O2. The molecule has 5 aromatic rings. The average Bonchev–Trinajstić information content (AvgIpc) is 3.06. The highest BCUT2D eigenvalue weighted by atomic mass is 16.4. The molecule has 1 aliphatic rings. The van der Waals surface area contributed by atoms with Crippen LogP contribution in [0.5, 0.6) is 0 Å². The van der Waals surface area contributed by atoms with Crippen molar-refractivity contribution in [2.75, 3.05) is 0 Å². The van der Waals surface area contributed by atoms with Crippen molar-refractivity contribution in [3.8, 4) is 11.1 Å². The summed E-state index contributed by atoms with van der Waals surface area (Å²) < 4.78 is 0. The zero-order valence-electron chi connectivity index (χ0n) is 24.1. The molecule has 42 heavy (non-hydrogen) atoms. The van der Waals surface area contributed by atoms with Crippen molar-refractivity contribution in [1.82, 2.24) is 0 Å². The van der Waals surface area contributed by atoms with Crippen LogP contribution in [0.25, 0.3) is 11.1 Å². The second-order valence-corrected chi connectivity index (χ2v) is 11.6. The normalized spacial score (nSPS) is 19.4. The smallest absolute Gasteiger partial charge is 0.152 e. The average molecular weight is 549 g/mol. The fourth-order valence-corrected chi connectivity index (χ4v) is 6.21. The van der Waals surface area contributed by atoms with Crippen molar-refractivity contribution in [1.29, 1.82) is 0 Å². The SMILES string of the molecule is Cc1ccc(C(O)(C2=CCC(C)(c3ccccc3)C=C2)C(O)(c2ccccc2)c2ccc(-c3ccccc3)cc2)cc1. The predicted molar refractivity (Wildman–Crippen MR) is 172 cm³/mol. The molecule has 0 bridgehead atoms. The first-order valence-electron chi connectivity index (χ1n) is 14.5. The Morgan fingerprint density at radius 2 is 1.02 bits per heavy atom. The minimum Gasteiger partial charge on any atom is -0.377 e. The van der Waals surface area contributed by atoms with Crippen molar-refractivity contribution in [2.45, 2.75) is 36.9 Å². The van der Waals surface area contributed by atoms with Gasteiger partial charge in [-0.3, -0.25) is 0 Å². The van der Waals surface area contributed by atoms with Crippen LogP contribution in [0.2, 0.25) is 0 Å². The summed E-state index contributed by atoms with van der Waals surface area (Å²) in [7, 11) is 0. The van der Waals surface area contributed by atoms with Gasteiger partial charge in [0, 0.05) is 5.41 Å². The van der Waals surface area contributed by atoms with Crippen LogP contribution >= 0.6 is 0 Å². The van der Waals surface area contributed by atoms with Crippen molar-refractivity contribution in [2.24, 2.45) is 0 Å². The van der Waals surface area contributed by atoms with Gasteiger partial charge in [-0.05, 0) is 52.3 Å². The quantitative estimate of drug-likeness (QED) is 0.214. The minimum absolute atomic E-state index is 0.221. The molecule has 0 spiro atoms. The van der Waals surface area contributed by atoms with Crippen LogP contribution < -0.4 is 0 Å². The maximum absolute atomic E-state index is 13.2. The number of aliphatic hydroxyl groups is 2. The van der Waals surface area contributed by atoms with E-state index in [1.165, 1.54) is 5.56 Å². The van der Waals surface area contributed by atoms with Gasteiger partial charge >= 0.3 is 0 Å². The highest BCUT2D eigenvalue weighted by Gasteiger charge is 2.55. The molecule has 208 valence electrons. The lowest BCUT2D eigenvalue weighted by Gasteiger charge is -2.47. The van der Waals surface area contributed by atoms with Gasteiger partial charge in [0.1, 0.15) is 0 Å². The van der Waals surface area contributed by atoms with E-state index in [9.17, 15) is 10.2 Å². The molecule has 2 N–H and O–H groups in total. The number of allylic oxidation sites excluding steroid dienone is 2. The molecule has 0 saturated heterocycles. The van der Waals surface area contributed by atoms with Gasteiger partial charge in [0.05, 0.1) is 0 Å². The first kappa shape index (κ1) is 27.7. The number of hydrogen-bond acceptors (Lipinski definition) is 2. The lowest BCUT2D eigenvalue weighted by atomic mass is 9.63.